The Hall–Kier alpha value is -3.38. The first-order chi connectivity index (χ1) is 13.7. The molecule has 0 unspecified atom stereocenters. The molecule has 0 bridgehead atoms. The first kappa shape index (κ1) is 16.8. The standard InChI is InChI=1S/C21H15ClN2O4/c22-15-5-4-8-17(12-15)23-20(14-9-10-18-19(11-14)27-13-26-18)24(28-21(23)25)16-6-2-1-3-7-16/h1-12,20H,13H2/t20-/m0/s1. The van der Waals surface area contributed by atoms with Gasteiger partial charge in [-0.05, 0) is 42.5 Å². The normalized spacial score (nSPS) is 17.8. The number of halogens is 1. The molecule has 0 spiro atoms. The fraction of sp³-hybridized carbons (Fsp3) is 0.0952. The molecule has 3 aromatic carbocycles. The van der Waals surface area contributed by atoms with Crippen LogP contribution in [0.4, 0.5) is 16.2 Å². The molecule has 1 fully saturated rings. The van der Waals surface area contributed by atoms with E-state index in [2.05, 4.69) is 0 Å². The van der Waals surface area contributed by atoms with Crippen LogP contribution >= 0.6 is 11.6 Å². The number of fused-ring (bicyclic) bond motifs is 1. The maximum absolute atomic E-state index is 12.9. The van der Waals surface area contributed by atoms with Crippen LogP contribution in [0.3, 0.4) is 0 Å². The van der Waals surface area contributed by atoms with Gasteiger partial charge in [0.05, 0.1) is 11.4 Å². The number of amides is 1. The van der Waals surface area contributed by atoms with Gasteiger partial charge in [-0.15, -0.1) is 0 Å². The number of carbonyl (C=O) groups is 1. The summed E-state index contributed by atoms with van der Waals surface area (Å²) in [5, 5.41) is 2.12. The number of carbonyl (C=O) groups excluding carboxylic acids is 1. The third-order valence-electron chi connectivity index (χ3n) is 4.63. The predicted octanol–water partition coefficient (Wildman–Crippen LogP) is 5.15. The van der Waals surface area contributed by atoms with E-state index in [0.717, 1.165) is 11.3 Å². The van der Waals surface area contributed by atoms with Crippen molar-refractivity contribution in [1.82, 2.24) is 0 Å². The van der Waals surface area contributed by atoms with Gasteiger partial charge >= 0.3 is 6.09 Å². The number of anilines is 2. The summed E-state index contributed by atoms with van der Waals surface area (Å²) >= 11 is 6.17. The molecule has 0 N–H and O–H groups in total. The summed E-state index contributed by atoms with van der Waals surface area (Å²) < 4.78 is 10.9. The van der Waals surface area contributed by atoms with Gasteiger partial charge in [0.2, 0.25) is 6.79 Å². The Bertz CT molecular complexity index is 1040. The lowest BCUT2D eigenvalue weighted by atomic mass is 10.1. The zero-order valence-corrected chi connectivity index (χ0v) is 15.4. The van der Waals surface area contributed by atoms with Gasteiger partial charge in [-0.25, -0.2) is 9.69 Å². The molecule has 6 nitrogen and oxygen atoms in total. The van der Waals surface area contributed by atoms with E-state index in [-0.39, 0.29) is 6.79 Å². The van der Waals surface area contributed by atoms with Crippen LogP contribution in [0, 0.1) is 0 Å². The van der Waals surface area contributed by atoms with Gasteiger partial charge in [0, 0.05) is 10.6 Å². The zero-order chi connectivity index (χ0) is 19.1. The van der Waals surface area contributed by atoms with Crippen LogP contribution in [-0.4, -0.2) is 12.9 Å². The second kappa shape index (κ2) is 6.65. The minimum absolute atomic E-state index is 0.180. The van der Waals surface area contributed by atoms with Crippen molar-refractivity contribution in [3.8, 4) is 11.5 Å². The van der Waals surface area contributed by atoms with E-state index in [0.29, 0.717) is 22.2 Å². The van der Waals surface area contributed by atoms with Crippen molar-refractivity contribution < 1.29 is 19.1 Å². The zero-order valence-electron chi connectivity index (χ0n) is 14.6. The highest BCUT2D eigenvalue weighted by Crippen LogP contribution is 2.43. The van der Waals surface area contributed by atoms with Gasteiger partial charge in [0.1, 0.15) is 0 Å². The SMILES string of the molecule is O=C1ON(c2ccccc2)[C@@H](c2ccc3c(c2)OCO3)N1c1cccc(Cl)c1. The van der Waals surface area contributed by atoms with Crippen molar-refractivity contribution in [2.45, 2.75) is 6.17 Å². The van der Waals surface area contributed by atoms with E-state index < -0.39 is 12.3 Å². The van der Waals surface area contributed by atoms with E-state index in [1.54, 1.807) is 28.2 Å². The first-order valence-electron chi connectivity index (χ1n) is 8.71. The third kappa shape index (κ3) is 2.78. The average Bonchev–Trinajstić information content (AvgIpc) is 3.32. The Morgan fingerprint density at radius 2 is 1.64 bits per heavy atom. The molecule has 0 aliphatic carbocycles. The highest BCUT2D eigenvalue weighted by Gasteiger charge is 2.43. The van der Waals surface area contributed by atoms with Crippen LogP contribution in [0.5, 0.6) is 11.5 Å². The molecule has 7 heteroatoms. The van der Waals surface area contributed by atoms with Crippen LogP contribution in [0.25, 0.3) is 0 Å². The Morgan fingerprint density at radius 3 is 2.46 bits per heavy atom. The molecule has 0 saturated carbocycles. The average molecular weight is 395 g/mol. The molecular formula is C21H15ClN2O4. The number of para-hydroxylation sites is 1. The Kier molecular flexibility index (Phi) is 3.98. The fourth-order valence-corrected chi connectivity index (χ4v) is 3.57. The van der Waals surface area contributed by atoms with Crippen LogP contribution in [0.15, 0.2) is 72.8 Å². The molecule has 0 aromatic heterocycles. The summed E-state index contributed by atoms with van der Waals surface area (Å²) in [6.45, 7) is 0.180. The highest BCUT2D eigenvalue weighted by atomic mass is 35.5. The minimum atomic E-state index is -0.539. The fourth-order valence-electron chi connectivity index (χ4n) is 3.38. The van der Waals surface area contributed by atoms with Crippen LogP contribution in [0.2, 0.25) is 5.02 Å². The number of hydrogen-bond donors (Lipinski definition) is 0. The van der Waals surface area contributed by atoms with Crippen molar-refractivity contribution >= 4 is 29.1 Å². The summed E-state index contributed by atoms with van der Waals surface area (Å²) in [5.41, 5.74) is 2.21. The molecule has 2 heterocycles. The van der Waals surface area contributed by atoms with E-state index in [1.807, 2.05) is 54.6 Å². The lowest BCUT2D eigenvalue weighted by molar-refractivity contribution is 0.164. The number of hydrogen-bond acceptors (Lipinski definition) is 5. The maximum Gasteiger partial charge on any atom is 0.440 e. The second-order valence-electron chi connectivity index (χ2n) is 6.35. The number of rotatable bonds is 3. The first-order valence-corrected chi connectivity index (χ1v) is 9.09. The minimum Gasteiger partial charge on any atom is -0.454 e. The Labute approximate surface area is 166 Å². The third-order valence-corrected chi connectivity index (χ3v) is 4.87. The molecule has 1 atom stereocenters. The van der Waals surface area contributed by atoms with Gasteiger partial charge in [0.25, 0.3) is 0 Å². The van der Waals surface area contributed by atoms with Gasteiger partial charge in [-0.3, -0.25) is 0 Å². The molecule has 0 radical (unpaired) electrons. The summed E-state index contributed by atoms with van der Waals surface area (Å²) in [4.78, 5) is 20.1. The molecular weight excluding hydrogens is 380 g/mol. The summed E-state index contributed by atoms with van der Waals surface area (Å²) in [6.07, 6.45) is -1.03. The van der Waals surface area contributed by atoms with Crippen molar-refractivity contribution in [3.63, 3.8) is 0 Å². The van der Waals surface area contributed by atoms with Crippen LogP contribution in [-0.2, 0) is 4.84 Å². The van der Waals surface area contributed by atoms with Crippen molar-refractivity contribution in [3.05, 3.63) is 83.4 Å². The van der Waals surface area contributed by atoms with Crippen molar-refractivity contribution in [2.24, 2.45) is 0 Å². The maximum atomic E-state index is 12.9. The molecule has 140 valence electrons. The quantitative estimate of drug-likeness (QED) is 0.615. The topological polar surface area (TPSA) is 51.2 Å². The molecule has 1 saturated heterocycles. The van der Waals surface area contributed by atoms with E-state index in [1.165, 1.54) is 0 Å². The summed E-state index contributed by atoms with van der Waals surface area (Å²) in [7, 11) is 0. The predicted molar refractivity (Wildman–Crippen MR) is 105 cm³/mol. The van der Waals surface area contributed by atoms with Crippen LogP contribution < -0.4 is 19.4 Å². The molecule has 2 aliphatic heterocycles. The van der Waals surface area contributed by atoms with Crippen molar-refractivity contribution in [1.29, 1.82) is 0 Å². The lowest BCUT2D eigenvalue weighted by Gasteiger charge is -2.27. The van der Waals surface area contributed by atoms with Gasteiger partial charge in [-0.2, -0.15) is 5.06 Å². The van der Waals surface area contributed by atoms with Crippen molar-refractivity contribution in [2.75, 3.05) is 16.8 Å². The van der Waals surface area contributed by atoms with E-state index in [4.69, 9.17) is 25.9 Å². The summed E-state index contributed by atoms with van der Waals surface area (Å²) in [6, 6.07) is 22.2. The monoisotopic (exact) mass is 394 g/mol. The largest absolute Gasteiger partial charge is 0.454 e. The lowest BCUT2D eigenvalue weighted by Crippen LogP contribution is -2.31. The van der Waals surface area contributed by atoms with E-state index >= 15 is 0 Å². The Balaban J connectivity index is 1.64. The number of ether oxygens (including phenoxy) is 2. The molecule has 1 amide bonds. The van der Waals surface area contributed by atoms with Gasteiger partial charge < -0.3 is 14.3 Å². The number of benzene rings is 3. The molecule has 28 heavy (non-hydrogen) atoms. The smallest absolute Gasteiger partial charge is 0.440 e. The second-order valence-corrected chi connectivity index (χ2v) is 6.79. The van der Waals surface area contributed by atoms with Gasteiger partial charge in [0.15, 0.2) is 17.7 Å². The molecule has 5 rings (SSSR count). The number of nitrogens with zero attached hydrogens (tertiary/aromatic N) is 2. The molecule has 2 aliphatic rings. The van der Waals surface area contributed by atoms with Gasteiger partial charge in [-0.1, -0.05) is 41.9 Å². The highest BCUT2D eigenvalue weighted by molar-refractivity contribution is 6.30. The van der Waals surface area contributed by atoms with E-state index in [9.17, 15) is 4.79 Å². The number of hydroxylamine groups is 1. The summed E-state index contributed by atoms with van der Waals surface area (Å²) in [5.74, 6) is 1.31. The van der Waals surface area contributed by atoms with Crippen LogP contribution in [0.1, 0.15) is 11.7 Å². The molecule has 3 aromatic rings. The Morgan fingerprint density at radius 1 is 0.857 bits per heavy atom.